The van der Waals surface area contributed by atoms with Crippen molar-refractivity contribution >= 4 is 17.3 Å². The molecule has 0 saturated heterocycles. The Morgan fingerprint density at radius 3 is 2.33 bits per heavy atom. The summed E-state index contributed by atoms with van der Waals surface area (Å²) in [7, 11) is 0. The number of fused-ring (bicyclic) bond motifs is 1. The van der Waals surface area contributed by atoms with Crippen molar-refractivity contribution in [2.45, 2.75) is 13.1 Å². The summed E-state index contributed by atoms with van der Waals surface area (Å²) in [4.78, 5) is 2.21. The predicted molar refractivity (Wildman–Crippen MR) is 72.5 cm³/mol. The van der Waals surface area contributed by atoms with E-state index < -0.39 is 0 Å². The lowest BCUT2D eigenvalue weighted by molar-refractivity contribution is 0.878. The van der Waals surface area contributed by atoms with Crippen LogP contribution in [0.3, 0.4) is 0 Å². The van der Waals surface area contributed by atoms with Crippen LogP contribution in [0.2, 0.25) is 5.02 Å². The molecule has 0 amide bonds. The Morgan fingerprint density at radius 2 is 1.72 bits per heavy atom. The fourth-order valence-corrected chi connectivity index (χ4v) is 2.55. The van der Waals surface area contributed by atoms with E-state index in [2.05, 4.69) is 35.2 Å². The molecule has 0 fully saturated rings. The predicted octanol–water partition coefficient (Wildman–Crippen LogP) is 3.73. The molecule has 2 nitrogen and oxygen atoms in total. The molecule has 2 aromatic rings. The van der Waals surface area contributed by atoms with Crippen LogP contribution in [-0.4, -0.2) is 0 Å². The van der Waals surface area contributed by atoms with Gasteiger partial charge in [-0.1, -0.05) is 35.9 Å². The highest BCUT2D eigenvalue weighted by atomic mass is 35.5. The molecule has 0 N–H and O–H groups in total. The molecular weight excluding hydrogens is 244 g/mol. The average molecular weight is 255 g/mol. The highest BCUT2D eigenvalue weighted by molar-refractivity contribution is 6.30. The number of hydrogen-bond acceptors (Lipinski definition) is 2. The third-order valence-electron chi connectivity index (χ3n) is 3.26. The van der Waals surface area contributed by atoms with Crippen LogP contribution in [0.4, 0.5) is 5.69 Å². The van der Waals surface area contributed by atoms with Crippen LogP contribution in [0.5, 0.6) is 0 Å². The van der Waals surface area contributed by atoms with E-state index in [1.165, 1.54) is 11.1 Å². The van der Waals surface area contributed by atoms with E-state index >= 15 is 0 Å². The largest absolute Gasteiger partial charge is 0.362 e. The molecule has 88 valence electrons. The summed E-state index contributed by atoms with van der Waals surface area (Å²) in [6, 6.07) is 16.1. The average Bonchev–Trinajstić information content (AvgIpc) is 2.82. The molecule has 0 radical (unpaired) electrons. The van der Waals surface area contributed by atoms with Crippen molar-refractivity contribution in [1.82, 2.24) is 0 Å². The van der Waals surface area contributed by atoms with Gasteiger partial charge in [0.05, 0.1) is 11.3 Å². The fraction of sp³-hybridized carbons (Fsp3) is 0.133. The molecule has 0 aromatic heterocycles. The van der Waals surface area contributed by atoms with Gasteiger partial charge < -0.3 is 4.90 Å². The van der Waals surface area contributed by atoms with E-state index in [-0.39, 0.29) is 0 Å². The number of nitriles is 1. The number of benzene rings is 2. The molecule has 3 rings (SSSR count). The maximum atomic E-state index is 9.18. The van der Waals surface area contributed by atoms with Crippen LogP contribution < -0.4 is 4.90 Å². The Hall–Kier alpha value is -1.98. The molecule has 0 unspecified atom stereocenters. The van der Waals surface area contributed by atoms with Gasteiger partial charge in [-0.25, -0.2) is 0 Å². The van der Waals surface area contributed by atoms with Crippen LogP contribution >= 0.6 is 11.6 Å². The minimum atomic E-state index is 0.604. The van der Waals surface area contributed by atoms with Crippen molar-refractivity contribution in [2.24, 2.45) is 0 Å². The monoisotopic (exact) mass is 254 g/mol. The standard InChI is InChI=1S/C15H11ClN2/c16-14-5-6-15(13(7-14)8-17)18-9-11-3-1-2-4-12(11)10-18/h1-7H,9-10H2. The van der Waals surface area contributed by atoms with E-state index in [1.807, 2.05) is 12.1 Å². The first kappa shape index (κ1) is 11.1. The maximum absolute atomic E-state index is 9.18. The van der Waals surface area contributed by atoms with Crippen LogP contribution in [0.25, 0.3) is 0 Å². The Balaban J connectivity index is 1.98. The molecule has 1 heterocycles. The molecule has 0 atom stereocenters. The van der Waals surface area contributed by atoms with E-state index in [9.17, 15) is 5.26 Å². The fourth-order valence-electron chi connectivity index (χ4n) is 2.38. The molecule has 0 aliphatic carbocycles. The van der Waals surface area contributed by atoms with Crippen molar-refractivity contribution in [2.75, 3.05) is 4.90 Å². The van der Waals surface area contributed by atoms with E-state index in [4.69, 9.17) is 11.6 Å². The van der Waals surface area contributed by atoms with Gasteiger partial charge in [-0.3, -0.25) is 0 Å². The first-order valence-corrected chi connectivity index (χ1v) is 6.17. The Kier molecular flexibility index (Phi) is 2.70. The zero-order chi connectivity index (χ0) is 12.5. The maximum Gasteiger partial charge on any atom is 0.101 e. The normalized spacial score (nSPS) is 13.2. The summed E-state index contributed by atoms with van der Waals surface area (Å²) >= 11 is 5.92. The van der Waals surface area contributed by atoms with Gasteiger partial charge >= 0.3 is 0 Å². The zero-order valence-electron chi connectivity index (χ0n) is 9.73. The Bertz CT molecular complexity index is 618. The molecule has 0 saturated carbocycles. The molecule has 1 aliphatic rings. The molecule has 0 spiro atoms. The summed E-state index contributed by atoms with van der Waals surface area (Å²) in [6.45, 7) is 1.71. The van der Waals surface area contributed by atoms with E-state index in [0.29, 0.717) is 10.6 Å². The van der Waals surface area contributed by atoms with Gasteiger partial charge in [0.15, 0.2) is 0 Å². The number of rotatable bonds is 1. The van der Waals surface area contributed by atoms with Crippen molar-refractivity contribution in [3.05, 3.63) is 64.2 Å². The molecule has 1 aliphatic heterocycles. The van der Waals surface area contributed by atoms with Crippen molar-refractivity contribution in [1.29, 1.82) is 5.26 Å². The highest BCUT2D eigenvalue weighted by Crippen LogP contribution is 2.31. The summed E-state index contributed by atoms with van der Waals surface area (Å²) in [5.41, 5.74) is 4.25. The van der Waals surface area contributed by atoms with Crippen LogP contribution in [0.15, 0.2) is 42.5 Å². The van der Waals surface area contributed by atoms with Gasteiger partial charge in [0, 0.05) is 18.1 Å². The number of halogens is 1. The highest BCUT2D eigenvalue weighted by Gasteiger charge is 2.20. The lowest BCUT2D eigenvalue weighted by atomic mass is 10.1. The summed E-state index contributed by atoms with van der Waals surface area (Å²) in [5.74, 6) is 0. The second-order valence-electron chi connectivity index (χ2n) is 4.40. The van der Waals surface area contributed by atoms with Crippen molar-refractivity contribution in [3.63, 3.8) is 0 Å². The summed E-state index contributed by atoms with van der Waals surface area (Å²) in [5, 5.41) is 9.79. The zero-order valence-corrected chi connectivity index (χ0v) is 10.5. The van der Waals surface area contributed by atoms with Gasteiger partial charge in [0.2, 0.25) is 0 Å². The smallest absolute Gasteiger partial charge is 0.101 e. The van der Waals surface area contributed by atoms with Gasteiger partial charge in [-0.05, 0) is 29.3 Å². The molecule has 2 aromatic carbocycles. The quantitative estimate of drug-likeness (QED) is 0.775. The minimum Gasteiger partial charge on any atom is -0.362 e. The Morgan fingerprint density at radius 1 is 1.06 bits per heavy atom. The summed E-state index contributed by atoms with van der Waals surface area (Å²) in [6.07, 6.45) is 0. The van der Waals surface area contributed by atoms with Crippen molar-refractivity contribution in [3.8, 4) is 6.07 Å². The van der Waals surface area contributed by atoms with Gasteiger partial charge in [0.25, 0.3) is 0 Å². The third kappa shape index (κ3) is 1.83. The van der Waals surface area contributed by atoms with Gasteiger partial charge in [-0.2, -0.15) is 5.26 Å². The lowest BCUT2D eigenvalue weighted by Crippen LogP contribution is -2.15. The SMILES string of the molecule is N#Cc1cc(Cl)ccc1N1Cc2ccccc2C1. The number of hydrogen-bond donors (Lipinski definition) is 0. The van der Waals surface area contributed by atoms with Crippen LogP contribution in [0, 0.1) is 11.3 Å². The van der Waals surface area contributed by atoms with Gasteiger partial charge in [0.1, 0.15) is 6.07 Å². The molecule has 0 bridgehead atoms. The van der Waals surface area contributed by atoms with Crippen LogP contribution in [0.1, 0.15) is 16.7 Å². The minimum absolute atomic E-state index is 0.604. The molecule has 3 heteroatoms. The second kappa shape index (κ2) is 4.36. The number of nitrogens with zero attached hydrogens (tertiary/aromatic N) is 2. The topological polar surface area (TPSA) is 27.0 Å². The molecule has 18 heavy (non-hydrogen) atoms. The molecular formula is C15H11ClN2. The van der Waals surface area contributed by atoms with Crippen LogP contribution in [-0.2, 0) is 13.1 Å². The first-order chi connectivity index (χ1) is 8.78. The number of anilines is 1. The van der Waals surface area contributed by atoms with E-state index in [0.717, 1.165) is 18.8 Å². The lowest BCUT2D eigenvalue weighted by Gasteiger charge is -2.19. The second-order valence-corrected chi connectivity index (χ2v) is 4.83. The van der Waals surface area contributed by atoms with E-state index in [1.54, 1.807) is 6.07 Å². The Labute approximate surface area is 111 Å². The third-order valence-corrected chi connectivity index (χ3v) is 3.50. The van der Waals surface area contributed by atoms with Crippen molar-refractivity contribution < 1.29 is 0 Å². The van der Waals surface area contributed by atoms with Gasteiger partial charge in [-0.15, -0.1) is 0 Å². The summed E-state index contributed by atoms with van der Waals surface area (Å²) < 4.78 is 0. The first-order valence-electron chi connectivity index (χ1n) is 5.79.